The minimum atomic E-state index is -0.590. The number of halogens is 2. The van der Waals surface area contributed by atoms with Gasteiger partial charge in [0.25, 0.3) is 0 Å². The third-order valence-corrected chi connectivity index (χ3v) is 3.43. The summed E-state index contributed by atoms with van der Waals surface area (Å²) >= 11 is 3.36. The second kappa shape index (κ2) is 5.46. The van der Waals surface area contributed by atoms with Crippen molar-refractivity contribution < 1.29 is 4.39 Å². The van der Waals surface area contributed by atoms with Gasteiger partial charge >= 0.3 is 0 Å². The van der Waals surface area contributed by atoms with Crippen molar-refractivity contribution in [3.63, 3.8) is 0 Å². The summed E-state index contributed by atoms with van der Waals surface area (Å²) in [5.41, 5.74) is 2.15. The van der Waals surface area contributed by atoms with E-state index in [4.69, 9.17) is 5.26 Å². The third-order valence-electron chi connectivity index (χ3n) is 2.90. The van der Waals surface area contributed by atoms with Gasteiger partial charge < -0.3 is 5.32 Å². The monoisotopic (exact) mass is 342 g/mol. The molecule has 0 fully saturated rings. The van der Waals surface area contributed by atoms with Crippen LogP contribution in [0.15, 0.2) is 47.1 Å². The van der Waals surface area contributed by atoms with Gasteiger partial charge in [0.05, 0.1) is 17.4 Å². The van der Waals surface area contributed by atoms with Gasteiger partial charge in [0.2, 0.25) is 5.95 Å². The number of pyridine rings is 2. The van der Waals surface area contributed by atoms with Crippen LogP contribution in [0.3, 0.4) is 0 Å². The highest BCUT2D eigenvalue weighted by Crippen LogP contribution is 2.27. The molecule has 6 heteroatoms. The lowest BCUT2D eigenvalue weighted by Crippen LogP contribution is -1.96. The number of nitrogens with zero attached hydrogens (tertiary/aromatic N) is 3. The predicted octanol–water partition coefficient (Wildman–Crippen LogP) is 4.15. The Balaban J connectivity index is 2.13. The van der Waals surface area contributed by atoms with E-state index in [1.54, 1.807) is 6.07 Å². The van der Waals surface area contributed by atoms with Crippen LogP contribution in [0, 0.1) is 17.3 Å². The number of anilines is 2. The van der Waals surface area contributed by atoms with Crippen LogP contribution in [0.2, 0.25) is 0 Å². The number of rotatable bonds is 2. The maximum atomic E-state index is 13.4. The maximum absolute atomic E-state index is 13.4. The molecule has 0 unspecified atom stereocenters. The fraction of sp³-hybridized carbons (Fsp3) is 0. The Morgan fingerprint density at radius 3 is 2.67 bits per heavy atom. The highest BCUT2D eigenvalue weighted by Gasteiger charge is 2.08. The first-order valence-corrected chi connectivity index (χ1v) is 6.84. The summed E-state index contributed by atoms with van der Waals surface area (Å²) in [6, 6.07) is 12.4. The van der Waals surface area contributed by atoms with Gasteiger partial charge in [-0.1, -0.05) is 15.9 Å². The molecule has 0 spiro atoms. The summed E-state index contributed by atoms with van der Waals surface area (Å²) in [4.78, 5) is 7.68. The van der Waals surface area contributed by atoms with E-state index >= 15 is 0 Å². The number of benzene rings is 1. The number of hydrogen-bond acceptors (Lipinski definition) is 4. The van der Waals surface area contributed by atoms with E-state index in [1.165, 1.54) is 12.3 Å². The van der Waals surface area contributed by atoms with E-state index < -0.39 is 5.95 Å². The van der Waals surface area contributed by atoms with E-state index in [9.17, 15) is 4.39 Å². The molecule has 0 aliphatic carbocycles. The molecule has 3 rings (SSSR count). The Kier molecular flexibility index (Phi) is 3.50. The average molecular weight is 343 g/mol. The molecule has 0 aliphatic rings. The molecule has 0 saturated carbocycles. The molecular weight excluding hydrogens is 335 g/mol. The maximum Gasteiger partial charge on any atom is 0.213 e. The molecule has 3 aromatic rings. The number of aromatic nitrogens is 2. The van der Waals surface area contributed by atoms with Crippen molar-refractivity contribution in [3.8, 4) is 6.07 Å². The number of fused-ring (bicyclic) bond motifs is 1. The zero-order valence-electron chi connectivity index (χ0n) is 10.6. The SMILES string of the molecule is N#Cc1cc(Nc2ccc(Br)cc2)c2cc(F)ncc2n1. The lowest BCUT2D eigenvalue weighted by Gasteiger charge is -2.10. The van der Waals surface area contributed by atoms with Crippen molar-refractivity contribution >= 4 is 38.2 Å². The lowest BCUT2D eigenvalue weighted by atomic mass is 10.2. The van der Waals surface area contributed by atoms with E-state index in [1.807, 2.05) is 30.3 Å². The predicted molar refractivity (Wildman–Crippen MR) is 81.6 cm³/mol. The van der Waals surface area contributed by atoms with Gasteiger partial charge in [0.1, 0.15) is 11.8 Å². The molecule has 0 atom stereocenters. The van der Waals surface area contributed by atoms with Crippen molar-refractivity contribution in [1.82, 2.24) is 9.97 Å². The molecule has 0 amide bonds. The van der Waals surface area contributed by atoms with Crippen molar-refractivity contribution in [1.29, 1.82) is 5.26 Å². The van der Waals surface area contributed by atoms with Gasteiger partial charge in [-0.2, -0.15) is 9.65 Å². The molecule has 1 aromatic carbocycles. The minimum Gasteiger partial charge on any atom is -0.355 e. The van der Waals surface area contributed by atoms with Crippen LogP contribution in [0.25, 0.3) is 10.9 Å². The molecule has 2 aromatic heterocycles. The third kappa shape index (κ3) is 2.83. The highest BCUT2D eigenvalue weighted by atomic mass is 79.9. The minimum absolute atomic E-state index is 0.246. The second-order valence-corrected chi connectivity index (χ2v) is 5.24. The van der Waals surface area contributed by atoms with Gasteiger partial charge in [-0.3, -0.25) is 0 Å². The largest absolute Gasteiger partial charge is 0.355 e. The van der Waals surface area contributed by atoms with Gasteiger partial charge in [0.15, 0.2) is 0 Å². The Hall–Kier alpha value is -2.52. The molecule has 0 radical (unpaired) electrons. The van der Waals surface area contributed by atoms with E-state index in [0.29, 0.717) is 16.6 Å². The second-order valence-electron chi connectivity index (χ2n) is 4.32. The van der Waals surface area contributed by atoms with Crippen LogP contribution in [0.5, 0.6) is 0 Å². The molecule has 0 saturated heterocycles. The van der Waals surface area contributed by atoms with Crippen LogP contribution in [0.4, 0.5) is 15.8 Å². The fourth-order valence-electron chi connectivity index (χ4n) is 1.95. The zero-order chi connectivity index (χ0) is 14.8. The molecule has 0 aliphatic heterocycles. The van der Waals surface area contributed by atoms with Gasteiger partial charge in [-0.15, -0.1) is 0 Å². The van der Waals surface area contributed by atoms with Crippen molar-refractivity contribution in [2.45, 2.75) is 0 Å². The average Bonchev–Trinajstić information content (AvgIpc) is 2.49. The summed E-state index contributed by atoms with van der Waals surface area (Å²) in [5, 5.41) is 12.8. The Morgan fingerprint density at radius 2 is 1.95 bits per heavy atom. The molecule has 102 valence electrons. The van der Waals surface area contributed by atoms with Crippen molar-refractivity contribution in [2.24, 2.45) is 0 Å². The molecule has 2 heterocycles. The topological polar surface area (TPSA) is 61.6 Å². The van der Waals surface area contributed by atoms with Crippen LogP contribution in [-0.4, -0.2) is 9.97 Å². The summed E-state index contributed by atoms with van der Waals surface area (Å²) in [6.07, 6.45) is 1.32. The first-order chi connectivity index (χ1) is 10.2. The normalized spacial score (nSPS) is 10.3. The molecule has 21 heavy (non-hydrogen) atoms. The first-order valence-electron chi connectivity index (χ1n) is 6.05. The Morgan fingerprint density at radius 1 is 1.19 bits per heavy atom. The Labute approximate surface area is 128 Å². The molecular formula is C15H8BrFN4. The Bertz CT molecular complexity index is 856. The molecule has 1 N–H and O–H groups in total. The summed E-state index contributed by atoms with van der Waals surface area (Å²) < 4.78 is 14.3. The zero-order valence-corrected chi connectivity index (χ0v) is 12.2. The number of nitriles is 1. The molecule has 0 bridgehead atoms. The number of nitrogens with one attached hydrogen (secondary N) is 1. The number of hydrogen-bond donors (Lipinski definition) is 1. The smallest absolute Gasteiger partial charge is 0.213 e. The van der Waals surface area contributed by atoms with E-state index in [2.05, 4.69) is 31.2 Å². The summed E-state index contributed by atoms with van der Waals surface area (Å²) in [6.45, 7) is 0. The highest BCUT2D eigenvalue weighted by molar-refractivity contribution is 9.10. The van der Waals surface area contributed by atoms with Crippen LogP contribution in [-0.2, 0) is 0 Å². The standard InChI is InChI=1S/C15H8BrFN4/c16-9-1-3-10(4-2-9)20-13-5-11(7-18)21-14-8-19-15(17)6-12(13)14/h1-6,8H,(H,20,21). The van der Waals surface area contributed by atoms with Crippen molar-refractivity contribution in [2.75, 3.05) is 5.32 Å². The first kappa shape index (κ1) is 13.5. The summed E-state index contributed by atoms with van der Waals surface area (Å²) in [7, 11) is 0. The lowest BCUT2D eigenvalue weighted by molar-refractivity contribution is 0.586. The quantitative estimate of drug-likeness (QED) is 0.710. The molecule has 4 nitrogen and oxygen atoms in total. The van der Waals surface area contributed by atoms with Crippen LogP contribution < -0.4 is 5.32 Å². The van der Waals surface area contributed by atoms with Gasteiger partial charge in [-0.25, -0.2) is 9.97 Å². The van der Waals surface area contributed by atoms with Gasteiger partial charge in [0, 0.05) is 21.6 Å². The van der Waals surface area contributed by atoms with E-state index in [-0.39, 0.29) is 5.69 Å². The van der Waals surface area contributed by atoms with Crippen LogP contribution in [0.1, 0.15) is 5.69 Å². The fourth-order valence-corrected chi connectivity index (χ4v) is 2.22. The van der Waals surface area contributed by atoms with Gasteiger partial charge in [-0.05, 0) is 30.3 Å². The van der Waals surface area contributed by atoms with E-state index in [0.717, 1.165) is 10.2 Å². The van der Waals surface area contributed by atoms with Crippen molar-refractivity contribution in [3.05, 3.63) is 58.7 Å². The van der Waals surface area contributed by atoms with Crippen LogP contribution >= 0.6 is 15.9 Å². The summed E-state index contributed by atoms with van der Waals surface area (Å²) in [5.74, 6) is -0.590.